The molecule has 0 unspecified atom stereocenters. The van der Waals surface area contributed by atoms with E-state index in [0.717, 1.165) is 24.3 Å². The molecule has 0 saturated carbocycles. The lowest BCUT2D eigenvalue weighted by atomic mass is 10.3. The first-order chi connectivity index (χ1) is 10.2. The largest absolute Gasteiger partial charge is 0.505 e. The Kier molecular flexibility index (Phi) is 4.45. The van der Waals surface area contributed by atoms with Crippen LogP contribution in [-0.2, 0) is 10.0 Å². The topological polar surface area (TPSA) is 110 Å². The van der Waals surface area contributed by atoms with Crippen LogP contribution in [0.1, 0.15) is 0 Å². The van der Waals surface area contributed by atoms with E-state index in [1.165, 1.54) is 12.1 Å². The summed E-state index contributed by atoms with van der Waals surface area (Å²) in [5.74, 6) is -0.392. The zero-order chi connectivity index (χ0) is 16.5. The van der Waals surface area contributed by atoms with E-state index in [1.54, 1.807) is 0 Å². The molecule has 7 nitrogen and oxygen atoms in total. The Morgan fingerprint density at radius 1 is 1.14 bits per heavy atom. The second kappa shape index (κ2) is 5.99. The minimum atomic E-state index is -4.23. The molecule has 2 aromatic rings. The summed E-state index contributed by atoms with van der Waals surface area (Å²) in [6.07, 6.45) is 0. The number of nitro groups is 1. The third-order valence-electron chi connectivity index (χ3n) is 2.62. The Morgan fingerprint density at radius 2 is 1.68 bits per heavy atom. The fourth-order valence-corrected chi connectivity index (χ4v) is 3.37. The average molecular weight is 363 g/mol. The van der Waals surface area contributed by atoms with Gasteiger partial charge >= 0.3 is 0 Å². The van der Waals surface area contributed by atoms with Crippen LogP contribution in [0.25, 0.3) is 0 Å². The summed E-state index contributed by atoms with van der Waals surface area (Å²) in [6, 6.07) is 7.16. The molecule has 0 bridgehead atoms. The van der Waals surface area contributed by atoms with E-state index >= 15 is 0 Å². The molecule has 0 spiro atoms. The van der Waals surface area contributed by atoms with Crippen molar-refractivity contribution in [2.75, 3.05) is 4.72 Å². The van der Waals surface area contributed by atoms with Gasteiger partial charge in [-0.25, -0.2) is 8.42 Å². The number of hydrogen-bond acceptors (Lipinski definition) is 5. The second-order valence-corrected chi connectivity index (χ2v) is 6.58. The molecular formula is C12H8Cl2N2O5S. The fourth-order valence-electron chi connectivity index (χ4n) is 1.67. The molecule has 10 heteroatoms. The van der Waals surface area contributed by atoms with Crippen LogP contribution in [-0.4, -0.2) is 18.4 Å². The van der Waals surface area contributed by atoms with Gasteiger partial charge in [-0.2, -0.15) is 0 Å². The first kappa shape index (κ1) is 16.3. The number of benzene rings is 2. The quantitative estimate of drug-likeness (QED) is 0.491. The van der Waals surface area contributed by atoms with Crippen molar-refractivity contribution in [3.8, 4) is 5.75 Å². The van der Waals surface area contributed by atoms with Crippen molar-refractivity contribution in [3.05, 3.63) is 56.6 Å². The van der Waals surface area contributed by atoms with E-state index in [-0.39, 0.29) is 15.7 Å². The third kappa shape index (κ3) is 3.24. The van der Waals surface area contributed by atoms with Crippen molar-refractivity contribution in [2.45, 2.75) is 4.90 Å². The highest BCUT2D eigenvalue weighted by Gasteiger charge is 2.25. The van der Waals surface area contributed by atoms with Gasteiger partial charge in [-0.3, -0.25) is 14.8 Å². The Bertz CT molecular complexity index is 831. The molecule has 0 fully saturated rings. The predicted molar refractivity (Wildman–Crippen MR) is 82.0 cm³/mol. The maximum absolute atomic E-state index is 12.3. The number of halogens is 2. The summed E-state index contributed by atoms with van der Waals surface area (Å²) >= 11 is 11.4. The molecule has 2 N–H and O–H groups in total. The fraction of sp³-hybridized carbons (Fsp3) is 0. The standard InChI is InChI=1S/C12H8Cl2N2O5S/c13-8-5-7(6-9(14)12(8)17)15-22(20,21)11-4-2-1-3-10(11)16(18)19/h1-6,15,17H. The molecule has 2 aromatic carbocycles. The number of aromatic hydroxyl groups is 1. The molecule has 0 aliphatic carbocycles. The van der Waals surface area contributed by atoms with Crippen LogP contribution in [0.3, 0.4) is 0 Å². The van der Waals surface area contributed by atoms with Crippen molar-refractivity contribution >= 4 is 44.6 Å². The molecule has 0 radical (unpaired) electrons. The zero-order valence-corrected chi connectivity index (χ0v) is 13.0. The van der Waals surface area contributed by atoms with Crippen LogP contribution < -0.4 is 4.72 Å². The van der Waals surface area contributed by atoms with Gasteiger partial charge in [-0.05, 0) is 18.2 Å². The number of phenols is 1. The van der Waals surface area contributed by atoms with Crippen molar-refractivity contribution < 1.29 is 18.4 Å². The Balaban J connectivity index is 2.47. The maximum atomic E-state index is 12.3. The number of nitro benzene ring substituents is 1. The van der Waals surface area contributed by atoms with Gasteiger partial charge in [0.25, 0.3) is 15.7 Å². The third-order valence-corrected chi connectivity index (χ3v) is 4.63. The number of anilines is 1. The lowest BCUT2D eigenvalue weighted by molar-refractivity contribution is -0.387. The van der Waals surface area contributed by atoms with Gasteiger partial charge in [-0.15, -0.1) is 0 Å². The molecule has 116 valence electrons. The molecule has 0 heterocycles. The van der Waals surface area contributed by atoms with E-state index in [0.29, 0.717) is 0 Å². The van der Waals surface area contributed by atoms with E-state index < -0.39 is 31.3 Å². The Hall–Kier alpha value is -2.03. The van der Waals surface area contributed by atoms with Crippen LogP contribution in [0.4, 0.5) is 11.4 Å². The van der Waals surface area contributed by atoms with E-state index in [2.05, 4.69) is 4.72 Å². The molecule has 0 atom stereocenters. The number of hydrogen-bond donors (Lipinski definition) is 2. The van der Waals surface area contributed by atoms with Crippen molar-refractivity contribution in [2.24, 2.45) is 0 Å². The predicted octanol–water partition coefficient (Wildman–Crippen LogP) is 3.41. The van der Waals surface area contributed by atoms with Gasteiger partial charge in [0.1, 0.15) is 0 Å². The van der Waals surface area contributed by atoms with E-state index in [4.69, 9.17) is 23.2 Å². The van der Waals surface area contributed by atoms with Crippen LogP contribution >= 0.6 is 23.2 Å². The van der Waals surface area contributed by atoms with Crippen molar-refractivity contribution in [1.82, 2.24) is 0 Å². The van der Waals surface area contributed by atoms with Gasteiger partial charge in [-0.1, -0.05) is 35.3 Å². The Morgan fingerprint density at radius 3 is 2.23 bits per heavy atom. The number of rotatable bonds is 4. The molecule has 0 aliphatic heterocycles. The molecule has 0 amide bonds. The first-order valence-corrected chi connectivity index (χ1v) is 7.90. The highest BCUT2D eigenvalue weighted by molar-refractivity contribution is 7.92. The molecule has 22 heavy (non-hydrogen) atoms. The summed E-state index contributed by atoms with van der Waals surface area (Å²) in [4.78, 5) is 9.61. The van der Waals surface area contributed by atoms with Gasteiger partial charge in [0, 0.05) is 6.07 Å². The van der Waals surface area contributed by atoms with Crippen molar-refractivity contribution in [1.29, 1.82) is 0 Å². The van der Waals surface area contributed by atoms with Crippen molar-refractivity contribution in [3.63, 3.8) is 0 Å². The van der Waals surface area contributed by atoms with Crippen LogP contribution in [0.15, 0.2) is 41.3 Å². The smallest absolute Gasteiger partial charge is 0.289 e. The number of sulfonamides is 1. The summed E-state index contributed by atoms with van der Waals surface area (Å²) in [5.41, 5.74) is -0.600. The van der Waals surface area contributed by atoms with Crippen LogP contribution in [0, 0.1) is 10.1 Å². The normalized spacial score (nSPS) is 11.2. The Labute approximate surface area is 135 Å². The summed E-state index contributed by atoms with van der Waals surface area (Å²) in [5, 5.41) is 20.0. The number of phenolic OH excluding ortho intramolecular Hbond substituents is 1. The van der Waals surface area contributed by atoms with E-state index in [9.17, 15) is 23.6 Å². The molecule has 2 rings (SSSR count). The number of para-hydroxylation sites is 1. The molecule has 0 aliphatic rings. The number of nitrogens with one attached hydrogen (secondary N) is 1. The summed E-state index contributed by atoms with van der Waals surface area (Å²) in [7, 11) is -4.23. The van der Waals surface area contributed by atoms with Crippen LogP contribution in [0.2, 0.25) is 10.0 Å². The average Bonchev–Trinajstić information content (AvgIpc) is 2.44. The molecule has 0 saturated heterocycles. The SMILES string of the molecule is O=[N+]([O-])c1ccccc1S(=O)(=O)Nc1cc(Cl)c(O)c(Cl)c1. The highest BCUT2D eigenvalue weighted by atomic mass is 35.5. The summed E-state index contributed by atoms with van der Waals surface area (Å²) in [6.45, 7) is 0. The first-order valence-electron chi connectivity index (χ1n) is 5.66. The van der Waals surface area contributed by atoms with Gasteiger partial charge < -0.3 is 5.11 Å². The second-order valence-electron chi connectivity index (χ2n) is 4.12. The molecule has 0 aromatic heterocycles. The van der Waals surface area contributed by atoms with Gasteiger partial charge in [0.05, 0.1) is 20.7 Å². The lowest BCUT2D eigenvalue weighted by Crippen LogP contribution is -2.14. The lowest BCUT2D eigenvalue weighted by Gasteiger charge is -2.10. The maximum Gasteiger partial charge on any atom is 0.289 e. The zero-order valence-electron chi connectivity index (χ0n) is 10.7. The van der Waals surface area contributed by atoms with Gasteiger partial charge in [0.15, 0.2) is 10.6 Å². The molecular weight excluding hydrogens is 355 g/mol. The highest BCUT2D eigenvalue weighted by Crippen LogP contribution is 2.35. The van der Waals surface area contributed by atoms with E-state index in [1.807, 2.05) is 0 Å². The number of nitrogens with zero attached hydrogens (tertiary/aromatic N) is 1. The monoisotopic (exact) mass is 362 g/mol. The minimum Gasteiger partial charge on any atom is -0.505 e. The minimum absolute atomic E-state index is 0.0362. The van der Waals surface area contributed by atoms with Crippen LogP contribution in [0.5, 0.6) is 5.75 Å². The van der Waals surface area contributed by atoms with Gasteiger partial charge in [0.2, 0.25) is 0 Å². The summed E-state index contributed by atoms with van der Waals surface area (Å²) < 4.78 is 26.7.